The second-order valence-corrected chi connectivity index (χ2v) is 4.71. The molecule has 0 unspecified atom stereocenters. The highest BCUT2D eigenvalue weighted by atomic mass is 79.9. The summed E-state index contributed by atoms with van der Waals surface area (Å²) in [5.74, 6) is -3.95. The zero-order valence-corrected chi connectivity index (χ0v) is 11.2. The predicted octanol–water partition coefficient (Wildman–Crippen LogP) is 1.65. The molecule has 0 N–H and O–H groups in total. The highest BCUT2D eigenvalue weighted by molar-refractivity contribution is 9.10. The number of nitrogens with zero attached hydrogens (tertiary/aromatic N) is 2. The van der Waals surface area contributed by atoms with E-state index in [2.05, 4.69) is 15.9 Å². The average Bonchev–Trinajstić information content (AvgIpc) is 2.56. The number of benzene rings is 1. The Kier molecular flexibility index (Phi) is 3.36. The third-order valence-electron chi connectivity index (χ3n) is 2.71. The van der Waals surface area contributed by atoms with Crippen LogP contribution in [0.1, 0.15) is 5.56 Å². The monoisotopic (exact) mass is 332 g/mol. The highest BCUT2D eigenvalue weighted by Crippen LogP contribution is 2.24. The van der Waals surface area contributed by atoms with Crippen LogP contribution in [0.5, 0.6) is 0 Å². The van der Waals surface area contributed by atoms with Crippen molar-refractivity contribution in [3.05, 3.63) is 33.8 Å². The van der Waals surface area contributed by atoms with Crippen LogP contribution in [-0.2, 0) is 16.1 Å². The lowest BCUT2D eigenvalue weighted by molar-refractivity contribution is -0.143. The summed E-state index contributed by atoms with van der Waals surface area (Å²) >= 11 is 2.88. The third-order valence-corrected chi connectivity index (χ3v) is 3.32. The smallest absolute Gasteiger partial charge is 0.263 e. The molecule has 1 heterocycles. The van der Waals surface area contributed by atoms with Gasteiger partial charge in [0.15, 0.2) is 0 Å². The van der Waals surface area contributed by atoms with Crippen LogP contribution in [-0.4, -0.2) is 34.7 Å². The molecule has 0 atom stereocenters. The van der Waals surface area contributed by atoms with Gasteiger partial charge in [-0.15, -0.1) is 0 Å². The van der Waals surface area contributed by atoms with Crippen LogP contribution in [0.4, 0.5) is 13.6 Å². The second-order valence-electron chi connectivity index (χ2n) is 3.86. The second kappa shape index (κ2) is 4.69. The van der Waals surface area contributed by atoms with E-state index in [1.54, 1.807) is 0 Å². The molecule has 100 valence electrons. The molecular weight excluding hydrogens is 326 g/mol. The van der Waals surface area contributed by atoms with Crippen molar-refractivity contribution >= 4 is 33.8 Å². The summed E-state index contributed by atoms with van der Waals surface area (Å²) in [4.78, 5) is 35.4. The fourth-order valence-electron chi connectivity index (χ4n) is 1.63. The fourth-order valence-corrected chi connectivity index (χ4v) is 2.00. The SMILES string of the molecule is CN1C(=O)C(=O)N(Cc2c(F)ccc(Br)c2F)C1=O. The van der Waals surface area contributed by atoms with Crippen molar-refractivity contribution in [1.29, 1.82) is 0 Å². The summed E-state index contributed by atoms with van der Waals surface area (Å²) in [6, 6.07) is 1.26. The Hall–Kier alpha value is -1.83. The van der Waals surface area contributed by atoms with Crippen molar-refractivity contribution in [3.63, 3.8) is 0 Å². The molecule has 0 aromatic heterocycles. The quantitative estimate of drug-likeness (QED) is 0.470. The van der Waals surface area contributed by atoms with Gasteiger partial charge in [-0.05, 0) is 28.1 Å². The minimum Gasteiger partial charge on any atom is -0.263 e. The van der Waals surface area contributed by atoms with Gasteiger partial charge >= 0.3 is 17.8 Å². The number of carbonyl (C=O) groups excluding carboxylic acids is 3. The van der Waals surface area contributed by atoms with E-state index in [0.717, 1.165) is 13.1 Å². The van der Waals surface area contributed by atoms with E-state index in [1.807, 2.05) is 0 Å². The molecule has 19 heavy (non-hydrogen) atoms. The highest BCUT2D eigenvalue weighted by Gasteiger charge is 2.42. The normalized spacial score (nSPS) is 15.7. The van der Waals surface area contributed by atoms with Gasteiger partial charge in [0, 0.05) is 12.6 Å². The molecule has 1 aliphatic rings. The van der Waals surface area contributed by atoms with Gasteiger partial charge in [-0.25, -0.2) is 13.6 Å². The molecule has 1 aromatic carbocycles. The van der Waals surface area contributed by atoms with Gasteiger partial charge in [0.1, 0.15) is 11.6 Å². The van der Waals surface area contributed by atoms with E-state index in [9.17, 15) is 23.2 Å². The average molecular weight is 333 g/mol. The van der Waals surface area contributed by atoms with E-state index < -0.39 is 41.6 Å². The molecule has 8 heteroatoms. The zero-order chi connectivity index (χ0) is 14.3. The first-order chi connectivity index (χ1) is 8.84. The van der Waals surface area contributed by atoms with Gasteiger partial charge < -0.3 is 0 Å². The van der Waals surface area contributed by atoms with Gasteiger partial charge in [-0.1, -0.05) is 0 Å². The van der Waals surface area contributed by atoms with E-state index in [4.69, 9.17) is 0 Å². The molecule has 1 fully saturated rings. The lowest BCUT2D eigenvalue weighted by Gasteiger charge is -2.14. The fraction of sp³-hybridized carbons (Fsp3) is 0.182. The van der Waals surface area contributed by atoms with Crippen molar-refractivity contribution in [3.8, 4) is 0 Å². The number of hydrogen-bond donors (Lipinski definition) is 0. The first kappa shape index (κ1) is 13.6. The Morgan fingerprint density at radius 1 is 1.16 bits per heavy atom. The minimum atomic E-state index is -1.11. The van der Waals surface area contributed by atoms with E-state index in [1.165, 1.54) is 6.07 Å². The zero-order valence-electron chi connectivity index (χ0n) is 9.61. The molecule has 2 rings (SSSR count). The minimum absolute atomic E-state index is 0.00248. The van der Waals surface area contributed by atoms with Crippen molar-refractivity contribution in [2.75, 3.05) is 7.05 Å². The molecule has 0 spiro atoms. The van der Waals surface area contributed by atoms with Crippen LogP contribution in [0.2, 0.25) is 0 Å². The topological polar surface area (TPSA) is 57.7 Å². The summed E-state index contributed by atoms with van der Waals surface area (Å²) in [6.45, 7) is -0.634. The number of halogens is 3. The van der Waals surface area contributed by atoms with Gasteiger partial charge in [0.05, 0.1) is 11.0 Å². The van der Waals surface area contributed by atoms with Gasteiger partial charge in [-0.2, -0.15) is 0 Å². The first-order valence-electron chi connectivity index (χ1n) is 5.10. The van der Waals surface area contributed by atoms with Crippen LogP contribution in [0, 0.1) is 11.6 Å². The van der Waals surface area contributed by atoms with E-state index in [-0.39, 0.29) is 4.47 Å². The van der Waals surface area contributed by atoms with Crippen LogP contribution < -0.4 is 0 Å². The molecule has 1 saturated heterocycles. The Balaban J connectivity index is 2.38. The summed E-state index contributed by atoms with van der Waals surface area (Å²) in [5.41, 5.74) is -0.459. The molecule has 5 nitrogen and oxygen atoms in total. The maximum atomic E-state index is 13.7. The van der Waals surface area contributed by atoms with Crippen LogP contribution in [0.3, 0.4) is 0 Å². The van der Waals surface area contributed by atoms with Gasteiger partial charge in [0.2, 0.25) is 0 Å². The number of rotatable bonds is 2. The van der Waals surface area contributed by atoms with Crippen LogP contribution in [0.25, 0.3) is 0 Å². The van der Waals surface area contributed by atoms with Crippen molar-refractivity contribution < 1.29 is 23.2 Å². The van der Waals surface area contributed by atoms with Gasteiger partial charge in [-0.3, -0.25) is 19.4 Å². The Morgan fingerprint density at radius 3 is 2.32 bits per heavy atom. The number of carbonyl (C=O) groups is 3. The summed E-state index contributed by atoms with van der Waals surface area (Å²) in [7, 11) is 1.12. The van der Waals surface area contributed by atoms with Crippen molar-refractivity contribution in [2.24, 2.45) is 0 Å². The maximum absolute atomic E-state index is 13.7. The molecular formula is C11H7BrF2N2O3. The summed E-state index contributed by atoms with van der Waals surface area (Å²) in [6.07, 6.45) is 0. The Morgan fingerprint density at radius 2 is 1.79 bits per heavy atom. The Bertz CT molecular complexity index is 606. The van der Waals surface area contributed by atoms with Gasteiger partial charge in [0.25, 0.3) is 0 Å². The number of hydrogen-bond acceptors (Lipinski definition) is 3. The summed E-state index contributed by atoms with van der Waals surface area (Å²) in [5, 5.41) is 0. The predicted molar refractivity (Wildman–Crippen MR) is 62.8 cm³/mol. The molecule has 4 amide bonds. The van der Waals surface area contributed by atoms with Crippen LogP contribution >= 0.6 is 15.9 Å². The third kappa shape index (κ3) is 2.12. The first-order valence-corrected chi connectivity index (χ1v) is 5.89. The largest absolute Gasteiger partial charge is 0.334 e. The Labute approximate surface area is 114 Å². The number of urea groups is 1. The molecule has 1 aromatic rings. The van der Waals surface area contributed by atoms with E-state index >= 15 is 0 Å². The summed E-state index contributed by atoms with van der Waals surface area (Å²) < 4.78 is 27.3. The molecule has 0 aliphatic carbocycles. The molecule has 1 aliphatic heterocycles. The molecule has 0 saturated carbocycles. The number of imide groups is 2. The maximum Gasteiger partial charge on any atom is 0.334 e. The van der Waals surface area contributed by atoms with Crippen molar-refractivity contribution in [1.82, 2.24) is 9.80 Å². The van der Waals surface area contributed by atoms with Crippen molar-refractivity contribution in [2.45, 2.75) is 6.54 Å². The molecule has 0 bridgehead atoms. The molecule has 0 radical (unpaired) electrons. The standard InChI is InChI=1S/C11H7BrF2N2O3/c1-15-9(17)10(18)16(11(15)19)4-5-7(13)3-2-6(12)8(5)14/h2-3H,4H2,1H3. The number of likely N-dealkylation sites (N-methyl/N-ethyl adjacent to an activating group) is 1. The van der Waals surface area contributed by atoms with Crippen LogP contribution in [0.15, 0.2) is 16.6 Å². The lowest BCUT2D eigenvalue weighted by Crippen LogP contribution is -2.31. The lowest BCUT2D eigenvalue weighted by atomic mass is 10.2. The van der Waals surface area contributed by atoms with E-state index in [0.29, 0.717) is 9.80 Å². The number of amides is 4.